The van der Waals surface area contributed by atoms with E-state index in [9.17, 15) is 27.6 Å². The fourth-order valence-corrected chi connectivity index (χ4v) is 9.25. The first kappa shape index (κ1) is 40.7. The summed E-state index contributed by atoms with van der Waals surface area (Å²) in [5, 5.41) is 5.56. The number of likely N-dealkylation sites (tertiary alicyclic amines) is 1. The minimum atomic E-state index is -4.52. The second kappa shape index (κ2) is 16.9. The number of hydrogen-bond donors (Lipinski definition) is 4. The number of alkyl carbamates (subject to hydrolysis) is 1. The molecular formula is C44H47F3N8O5. The molecule has 3 aliphatic rings. The number of aromatic nitrogens is 5. The van der Waals surface area contributed by atoms with Gasteiger partial charge >= 0.3 is 12.3 Å². The molecule has 60 heavy (non-hydrogen) atoms. The van der Waals surface area contributed by atoms with Gasteiger partial charge in [0.25, 0.3) is 0 Å². The van der Waals surface area contributed by atoms with Crippen LogP contribution in [0.25, 0.3) is 33.6 Å². The maximum Gasteiger partial charge on any atom is 0.433 e. The summed E-state index contributed by atoms with van der Waals surface area (Å²) in [6.07, 6.45) is 3.43. The van der Waals surface area contributed by atoms with Crippen LogP contribution in [0.3, 0.4) is 0 Å². The van der Waals surface area contributed by atoms with Crippen molar-refractivity contribution in [2.45, 2.75) is 75.9 Å². The van der Waals surface area contributed by atoms with Crippen molar-refractivity contribution in [1.82, 2.24) is 40.5 Å². The van der Waals surface area contributed by atoms with Crippen LogP contribution in [0.15, 0.2) is 79.3 Å². The Hall–Kier alpha value is -6.03. The van der Waals surface area contributed by atoms with Crippen LogP contribution in [-0.2, 0) is 31.8 Å². The number of pyridine rings is 1. The predicted octanol–water partition coefficient (Wildman–Crippen LogP) is 7.42. The molecule has 1 aliphatic heterocycles. The number of nitrogens with one attached hydrogen (secondary N) is 4. The SMILES string of the molecule is COC(=O)N[C@H](C(=O)N1CCC[C@H]1c1ncc(-c2ccc(-c3ccc(-c4cnc([C@@H]5C6CCC(C6)C5C(=O)NCc5ccc(C(F)(F)F)nc5)[nH]4)cc3)cc2)[nH]1)[C@@H](C)OC. The lowest BCUT2D eigenvalue weighted by Gasteiger charge is -2.30. The molecule has 2 bridgehead atoms. The van der Waals surface area contributed by atoms with Crippen LogP contribution >= 0.6 is 0 Å². The smallest absolute Gasteiger partial charge is 0.433 e. The summed E-state index contributed by atoms with van der Waals surface area (Å²) in [5.74, 6) is 1.30. The van der Waals surface area contributed by atoms with Crippen molar-refractivity contribution in [3.05, 3.63) is 102 Å². The molecular weight excluding hydrogens is 778 g/mol. The number of aromatic amines is 2. The number of carbonyl (C=O) groups excluding carboxylic acids is 3. The summed E-state index contributed by atoms with van der Waals surface area (Å²) in [4.78, 5) is 60.8. The first-order chi connectivity index (χ1) is 28.9. The van der Waals surface area contributed by atoms with E-state index < -0.39 is 30.1 Å². The zero-order valence-corrected chi connectivity index (χ0v) is 33.5. The number of fused-ring (bicyclic) bond motifs is 2. The van der Waals surface area contributed by atoms with Crippen molar-refractivity contribution in [1.29, 1.82) is 0 Å². The van der Waals surface area contributed by atoms with Crippen molar-refractivity contribution in [2.75, 3.05) is 20.8 Å². The van der Waals surface area contributed by atoms with Crippen molar-refractivity contribution in [3.8, 4) is 33.6 Å². The molecule has 8 rings (SSSR count). The Morgan fingerprint density at radius 2 is 1.43 bits per heavy atom. The molecule has 13 nitrogen and oxygen atoms in total. The monoisotopic (exact) mass is 824 g/mol. The largest absolute Gasteiger partial charge is 0.453 e. The highest BCUT2D eigenvalue weighted by atomic mass is 19.4. The minimum absolute atomic E-state index is 0.0704. The molecule has 0 radical (unpaired) electrons. The van der Waals surface area contributed by atoms with E-state index in [0.717, 1.165) is 83.8 Å². The maximum atomic E-state index is 13.6. The zero-order valence-electron chi connectivity index (χ0n) is 33.5. The molecule has 2 aromatic carbocycles. The van der Waals surface area contributed by atoms with Crippen LogP contribution in [0.5, 0.6) is 0 Å². The Kier molecular flexibility index (Phi) is 11.5. The second-order valence-corrected chi connectivity index (χ2v) is 15.9. The van der Waals surface area contributed by atoms with Gasteiger partial charge in [-0.3, -0.25) is 14.6 Å². The molecule has 1 saturated heterocycles. The van der Waals surface area contributed by atoms with Gasteiger partial charge in [0.05, 0.1) is 49.0 Å². The summed E-state index contributed by atoms with van der Waals surface area (Å²) >= 11 is 0. The number of ether oxygens (including phenoxy) is 2. The predicted molar refractivity (Wildman–Crippen MR) is 215 cm³/mol. The number of methoxy groups -OCH3 is 2. The van der Waals surface area contributed by atoms with Gasteiger partial charge < -0.3 is 35.0 Å². The Morgan fingerprint density at radius 1 is 0.817 bits per heavy atom. The minimum Gasteiger partial charge on any atom is -0.453 e. The number of halogens is 3. The molecule has 2 saturated carbocycles. The van der Waals surface area contributed by atoms with Gasteiger partial charge in [-0.2, -0.15) is 13.2 Å². The lowest BCUT2D eigenvalue weighted by Crippen LogP contribution is -2.54. The van der Waals surface area contributed by atoms with Gasteiger partial charge in [-0.15, -0.1) is 0 Å². The van der Waals surface area contributed by atoms with Gasteiger partial charge in [0.15, 0.2) is 0 Å². The van der Waals surface area contributed by atoms with Gasteiger partial charge in [0.1, 0.15) is 23.4 Å². The zero-order chi connectivity index (χ0) is 42.1. The van der Waals surface area contributed by atoms with Crippen LogP contribution in [0.2, 0.25) is 0 Å². The van der Waals surface area contributed by atoms with Gasteiger partial charge in [-0.05, 0) is 84.7 Å². The number of nitrogens with zero attached hydrogens (tertiary/aromatic N) is 4. The third-order valence-corrected chi connectivity index (χ3v) is 12.5. The van der Waals surface area contributed by atoms with Gasteiger partial charge in [-0.25, -0.2) is 14.8 Å². The molecule has 0 spiro atoms. The summed E-state index contributed by atoms with van der Waals surface area (Å²) in [5.41, 5.74) is 5.18. The van der Waals surface area contributed by atoms with Crippen molar-refractivity contribution < 1.29 is 37.0 Å². The highest BCUT2D eigenvalue weighted by Gasteiger charge is 2.52. The van der Waals surface area contributed by atoms with E-state index in [-0.39, 0.29) is 42.2 Å². The fraction of sp³-hybridized carbons (Fsp3) is 0.409. The van der Waals surface area contributed by atoms with Crippen LogP contribution in [0, 0.1) is 17.8 Å². The highest BCUT2D eigenvalue weighted by Crippen LogP contribution is 2.56. The van der Waals surface area contributed by atoms with Crippen molar-refractivity contribution in [2.24, 2.45) is 17.8 Å². The van der Waals surface area contributed by atoms with Crippen molar-refractivity contribution >= 4 is 17.9 Å². The number of benzene rings is 2. The molecule has 16 heteroatoms. The summed E-state index contributed by atoms with van der Waals surface area (Å²) in [6, 6.07) is 17.4. The molecule has 3 aromatic heterocycles. The third kappa shape index (κ3) is 8.24. The van der Waals surface area contributed by atoms with E-state index in [4.69, 9.17) is 14.5 Å². The molecule has 3 amide bonds. The first-order valence-electron chi connectivity index (χ1n) is 20.2. The maximum absolute atomic E-state index is 13.6. The Morgan fingerprint density at radius 3 is 2.03 bits per heavy atom. The topological polar surface area (TPSA) is 167 Å². The molecule has 5 aromatic rings. The van der Waals surface area contributed by atoms with Crippen LogP contribution < -0.4 is 10.6 Å². The standard InChI is InChI=1S/C44H47F3N8O5/c1-24(59-2)38(54-43(58)60-3)42(57)55-18-4-5-34(55)39-49-22-32(52-39)28-11-7-26(8-12-28)27-9-13-29(14-10-27)33-23-50-40(53-33)36-30-15-16-31(19-30)37(36)41(56)51-21-25-6-17-35(48-20-25)44(45,46)47/h6-14,17,20,22-24,30-31,34,36-38H,4-5,15-16,18-19,21H2,1-3H3,(H,49,52)(H,50,53)(H,51,56)(H,54,58)/t24-,30?,31?,34+,36-,37?,38+/m1/s1. The summed E-state index contributed by atoms with van der Waals surface area (Å²) in [7, 11) is 2.74. The van der Waals surface area contributed by atoms with Crippen LogP contribution in [0.4, 0.5) is 18.0 Å². The molecule has 3 unspecified atom stereocenters. The Balaban J connectivity index is 0.905. The number of carbonyl (C=O) groups is 3. The molecule has 4 heterocycles. The van der Waals surface area contributed by atoms with E-state index in [1.165, 1.54) is 20.3 Å². The van der Waals surface area contributed by atoms with Crippen molar-refractivity contribution in [3.63, 3.8) is 0 Å². The average molecular weight is 825 g/mol. The molecule has 3 fully saturated rings. The average Bonchev–Trinajstić information content (AvgIpc) is 4.13. The number of rotatable bonds is 12. The van der Waals surface area contributed by atoms with E-state index in [2.05, 4.69) is 42.7 Å². The van der Waals surface area contributed by atoms with E-state index in [1.54, 1.807) is 18.0 Å². The number of alkyl halides is 3. The number of H-pyrrole nitrogens is 2. The normalized spacial score (nSPS) is 22.1. The third-order valence-electron chi connectivity index (χ3n) is 12.5. The molecule has 314 valence electrons. The van der Waals surface area contributed by atoms with E-state index in [1.807, 2.05) is 42.6 Å². The number of hydrogen-bond acceptors (Lipinski definition) is 8. The van der Waals surface area contributed by atoms with Gasteiger partial charge in [-0.1, -0.05) is 54.6 Å². The van der Waals surface area contributed by atoms with Gasteiger partial charge in [0, 0.05) is 32.3 Å². The quantitative estimate of drug-likeness (QED) is 0.101. The summed E-state index contributed by atoms with van der Waals surface area (Å²) in [6.45, 7) is 2.36. The summed E-state index contributed by atoms with van der Waals surface area (Å²) < 4.78 is 49.0. The lowest BCUT2D eigenvalue weighted by atomic mass is 9.78. The van der Waals surface area contributed by atoms with Crippen LogP contribution in [-0.4, -0.2) is 80.6 Å². The highest BCUT2D eigenvalue weighted by molar-refractivity contribution is 5.87. The number of imidazole rings is 2. The molecule has 2 aliphatic carbocycles. The van der Waals surface area contributed by atoms with E-state index in [0.29, 0.717) is 23.9 Å². The fourth-order valence-electron chi connectivity index (χ4n) is 9.25. The molecule has 4 N–H and O–H groups in total. The Labute approximate surface area is 344 Å². The van der Waals surface area contributed by atoms with Gasteiger partial charge in [0.2, 0.25) is 11.8 Å². The second-order valence-electron chi connectivity index (χ2n) is 15.9. The lowest BCUT2D eigenvalue weighted by molar-refractivity contribution is -0.141. The first-order valence-corrected chi connectivity index (χ1v) is 20.2. The van der Waals surface area contributed by atoms with Crippen LogP contribution in [0.1, 0.15) is 73.9 Å². The van der Waals surface area contributed by atoms with E-state index >= 15 is 0 Å². The Bertz CT molecular complexity index is 2310. The number of amides is 3. The molecule has 7 atom stereocenters.